The van der Waals surface area contributed by atoms with E-state index < -0.39 is 0 Å². The molecule has 1 aliphatic heterocycles. The Labute approximate surface area is 66.4 Å². The number of rotatable bonds is 0. The van der Waals surface area contributed by atoms with Crippen LogP contribution in [0.25, 0.3) is 0 Å². The Morgan fingerprint density at radius 2 is 2.09 bits per heavy atom. The van der Waals surface area contributed by atoms with Crippen LogP contribution in [0.3, 0.4) is 0 Å². The Bertz CT molecular complexity index is 260. The minimum atomic E-state index is -0.0332. The van der Waals surface area contributed by atoms with Gasteiger partial charge in [0.1, 0.15) is 6.07 Å². The lowest BCUT2D eigenvalue weighted by Crippen LogP contribution is -2.11. The molecule has 1 aliphatic rings. The smallest absolute Gasteiger partial charge is 0.168 e. The minimum Gasteiger partial charge on any atom is -0.191 e. The van der Waals surface area contributed by atoms with Crippen molar-refractivity contribution in [3.63, 3.8) is 0 Å². The first-order valence-corrected chi connectivity index (χ1v) is 3.44. The molecule has 0 saturated carbocycles. The third kappa shape index (κ3) is 1.40. The molecule has 57 valence electrons. The maximum atomic E-state index is 8.62. The summed E-state index contributed by atoms with van der Waals surface area (Å²) >= 11 is 0. The summed E-state index contributed by atoms with van der Waals surface area (Å²) in [5.74, 6) is 0. The quantitative estimate of drug-likeness (QED) is 0.512. The predicted molar refractivity (Wildman–Crippen MR) is 42.7 cm³/mol. The molecule has 0 fully saturated rings. The van der Waals surface area contributed by atoms with E-state index in [9.17, 15) is 0 Å². The molecule has 0 aromatic carbocycles. The van der Waals surface area contributed by atoms with E-state index in [1.807, 2.05) is 26.8 Å². The fourth-order valence-corrected chi connectivity index (χ4v) is 0.891. The first-order valence-electron chi connectivity index (χ1n) is 3.44. The lowest BCUT2D eigenvalue weighted by atomic mass is 9.86. The van der Waals surface area contributed by atoms with E-state index in [4.69, 9.17) is 5.26 Å². The van der Waals surface area contributed by atoms with E-state index in [0.29, 0.717) is 5.70 Å². The zero-order valence-electron chi connectivity index (χ0n) is 6.92. The average molecular weight is 148 g/mol. The lowest BCUT2D eigenvalue weighted by molar-refractivity contribution is 0.523. The van der Waals surface area contributed by atoms with Gasteiger partial charge in [-0.2, -0.15) is 10.4 Å². The summed E-state index contributed by atoms with van der Waals surface area (Å²) < 4.78 is 0. The van der Waals surface area contributed by atoms with Crippen LogP contribution in [0.4, 0.5) is 0 Å². The minimum absolute atomic E-state index is 0.0332. The van der Waals surface area contributed by atoms with Crippen molar-refractivity contribution in [3.8, 4) is 6.07 Å². The van der Waals surface area contributed by atoms with Gasteiger partial charge in [-0.05, 0) is 5.41 Å². The summed E-state index contributed by atoms with van der Waals surface area (Å²) in [6.45, 7) is 6.10. The zero-order chi connectivity index (χ0) is 8.48. The van der Waals surface area contributed by atoms with Crippen molar-refractivity contribution >= 4 is 6.21 Å². The van der Waals surface area contributed by atoms with Crippen molar-refractivity contribution in [1.82, 2.24) is 5.43 Å². The lowest BCUT2D eigenvalue weighted by Gasteiger charge is -2.16. The molecular formula is C8H10N3. The summed E-state index contributed by atoms with van der Waals surface area (Å²) in [5, 5.41) is 12.3. The van der Waals surface area contributed by atoms with Crippen molar-refractivity contribution < 1.29 is 0 Å². The fraction of sp³-hybridized carbons (Fsp3) is 0.500. The molecular weight excluding hydrogens is 138 g/mol. The molecule has 0 atom stereocenters. The summed E-state index contributed by atoms with van der Waals surface area (Å²) in [7, 11) is 0. The van der Waals surface area contributed by atoms with E-state index in [1.165, 1.54) is 0 Å². The molecule has 0 N–H and O–H groups in total. The highest BCUT2D eigenvalue weighted by atomic mass is 15.3. The van der Waals surface area contributed by atoms with E-state index >= 15 is 0 Å². The molecule has 1 rings (SSSR count). The highest BCUT2D eigenvalue weighted by molar-refractivity contribution is 5.84. The first-order chi connectivity index (χ1) is 5.05. The number of nitrogens with zero attached hydrogens (tertiary/aromatic N) is 3. The molecule has 0 aromatic rings. The fourth-order valence-electron chi connectivity index (χ4n) is 0.891. The number of allylic oxidation sites excluding steroid dienone is 2. The second kappa shape index (κ2) is 2.39. The third-order valence-electron chi connectivity index (χ3n) is 1.51. The molecule has 0 aromatic heterocycles. The summed E-state index contributed by atoms with van der Waals surface area (Å²) in [4.78, 5) is 0. The van der Waals surface area contributed by atoms with Crippen LogP contribution in [-0.2, 0) is 0 Å². The molecule has 0 saturated heterocycles. The largest absolute Gasteiger partial charge is 0.191 e. The monoisotopic (exact) mass is 148 g/mol. The summed E-state index contributed by atoms with van der Waals surface area (Å²) in [6, 6.07) is 2.01. The summed E-state index contributed by atoms with van der Waals surface area (Å²) in [5.41, 5.74) is 5.02. The second-order valence-electron chi connectivity index (χ2n) is 3.47. The molecule has 11 heavy (non-hydrogen) atoms. The third-order valence-corrected chi connectivity index (χ3v) is 1.51. The van der Waals surface area contributed by atoms with Crippen LogP contribution in [0.2, 0.25) is 0 Å². The number of hydrogen-bond donors (Lipinski definition) is 0. The Hall–Kier alpha value is -1.30. The maximum Gasteiger partial charge on any atom is 0.168 e. The van der Waals surface area contributed by atoms with Crippen LogP contribution in [0.1, 0.15) is 20.8 Å². The van der Waals surface area contributed by atoms with Crippen molar-refractivity contribution in [1.29, 1.82) is 5.26 Å². The van der Waals surface area contributed by atoms with Crippen LogP contribution < -0.4 is 5.43 Å². The molecule has 3 nitrogen and oxygen atoms in total. The second-order valence-corrected chi connectivity index (χ2v) is 3.47. The standard InChI is InChI=1S/C8H10N3/c1-8(2,3)6-5-10-11-7(6)4-9/h5H,1-3H3. The number of nitriles is 1. The van der Waals surface area contributed by atoms with Crippen LogP contribution in [-0.4, -0.2) is 6.21 Å². The van der Waals surface area contributed by atoms with Crippen molar-refractivity contribution in [2.24, 2.45) is 10.5 Å². The van der Waals surface area contributed by atoms with Crippen LogP contribution in [0.5, 0.6) is 0 Å². The van der Waals surface area contributed by atoms with Gasteiger partial charge in [0, 0.05) is 5.57 Å². The van der Waals surface area contributed by atoms with Crippen LogP contribution in [0.15, 0.2) is 16.4 Å². The normalized spacial score (nSPS) is 16.5. The van der Waals surface area contributed by atoms with Gasteiger partial charge < -0.3 is 0 Å². The SMILES string of the molecule is CC(C)(C)C1=C(C#N)[N]N=C1. The maximum absolute atomic E-state index is 8.62. The van der Waals surface area contributed by atoms with E-state index in [2.05, 4.69) is 10.5 Å². The molecule has 1 radical (unpaired) electrons. The Morgan fingerprint density at radius 1 is 1.45 bits per heavy atom. The van der Waals surface area contributed by atoms with Gasteiger partial charge in [0.05, 0.1) is 6.21 Å². The van der Waals surface area contributed by atoms with Gasteiger partial charge in [-0.3, -0.25) is 0 Å². The van der Waals surface area contributed by atoms with Crippen LogP contribution in [0, 0.1) is 16.7 Å². The molecule has 0 amide bonds. The number of hydrogen-bond acceptors (Lipinski definition) is 2. The molecule has 3 heteroatoms. The molecule has 1 heterocycles. The van der Waals surface area contributed by atoms with E-state index in [-0.39, 0.29) is 5.41 Å². The van der Waals surface area contributed by atoms with E-state index in [0.717, 1.165) is 5.57 Å². The topological polar surface area (TPSA) is 50.2 Å². The molecule has 0 aliphatic carbocycles. The van der Waals surface area contributed by atoms with Gasteiger partial charge in [0.2, 0.25) is 0 Å². The molecule has 0 bridgehead atoms. The predicted octanol–water partition coefficient (Wildman–Crippen LogP) is 1.41. The van der Waals surface area contributed by atoms with E-state index in [1.54, 1.807) is 6.21 Å². The summed E-state index contributed by atoms with van der Waals surface area (Å²) in [6.07, 6.45) is 1.65. The van der Waals surface area contributed by atoms with Crippen molar-refractivity contribution in [2.45, 2.75) is 20.8 Å². The highest BCUT2D eigenvalue weighted by Gasteiger charge is 2.23. The van der Waals surface area contributed by atoms with Gasteiger partial charge in [-0.1, -0.05) is 20.8 Å². The zero-order valence-corrected chi connectivity index (χ0v) is 6.92. The average Bonchev–Trinajstić information content (AvgIpc) is 2.31. The Morgan fingerprint density at radius 3 is 2.45 bits per heavy atom. The highest BCUT2D eigenvalue weighted by Crippen LogP contribution is 2.27. The molecule has 0 spiro atoms. The Kier molecular flexibility index (Phi) is 1.69. The molecule has 0 unspecified atom stereocenters. The first kappa shape index (κ1) is 7.80. The van der Waals surface area contributed by atoms with Gasteiger partial charge in [-0.25, -0.2) is 0 Å². The Balaban J connectivity index is 3.03. The van der Waals surface area contributed by atoms with Crippen LogP contribution >= 0.6 is 0 Å². The van der Waals surface area contributed by atoms with Gasteiger partial charge >= 0.3 is 0 Å². The van der Waals surface area contributed by atoms with Gasteiger partial charge in [-0.15, -0.1) is 5.43 Å². The van der Waals surface area contributed by atoms with Gasteiger partial charge in [0.15, 0.2) is 5.70 Å². The van der Waals surface area contributed by atoms with Crippen molar-refractivity contribution in [3.05, 3.63) is 11.3 Å². The van der Waals surface area contributed by atoms with Crippen molar-refractivity contribution in [2.75, 3.05) is 0 Å². The van der Waals surface area contributed by atoms with Gasteiger partial charge in [0.25, 0.3) is 0 Å².